The maximum atomic E-state index is 12.5. The molecule has 2 aromatic rings. The Balaban J connectivity index is 2.38. The summed E-state index contributed by atoms with van der Waals surface area (Å²) in [7, 11) is 4.72. The molecule has 25 heavy (non-hydrogen) atoms. The van der Waals surface area contributed by atoms with E-state index in [2.05, 4.69) is 5.32 Å². The summed E-state index contributed by atoms with van der Waals surface area (Å²) < 4.78 is 1.99. The van der Waals surface area contributed by atoms with Gasteiger partial charge in [0.2, 0.25) is 5.91 Å². The second kappa shape index (κ2) is 7.02. The second-order valence-electron chi connectivity index (χ2n) is 5.87. The third-order valence-corrected chi connectivity index (χ3v) is 4.02. The van der Waals surface area contributed by atoms with Gasteiger partial charge in [0.1, 0.15) is 18.1 Å². The Bertz CT molecular complexity index is 946. The molecule has 1 aromatic heterocycles. The predicted molar refractivity (Wildman–Crippen MR) is 99.5 cm³/mol. The molecular weight excluding hydrogens is 346 g/mol. The summed E-state index contributed by atoms with van der Waals surface area (Å²) in [5.74, 6) is -0.454. The van der Waals surface area contributed by atoms with Crippen molar-refractivity contribution in [2.24, 2.45) is 7.05 Å². The lowest BCUT2D eigenvalue weighted by Crippen LogP contribution is -2.44. The fourth-order valence-corrected chi connectivity index (χ4v) is 2.65. The third-order valence-electron chi connectivity index (χ3n) is 3.78. The van der Waals surface area contributed by atoms with Crippen LogP contribution in [0.4, 0.5) is 17.2 Å². The van der Waals surface area contributed by atoms with E-state index < -0.39 is 23.7 Å². The lowest BCUT2D eigenvalue weighted by atomic mass is 10.2. The first kappa shape index (κ1) is 18.6. The molecule has 0 unspecified atom stereocenters. The molecule has 0 saturated heterocycles. The van der Waals surface area contributed by atoms with E-state index in [9.17, 15) is 14.4 Å². The number of aromatic nitrogens is 2. The fourth-order valence-electron chi connectivity index (χ4n) is 2.43. The molecule has 0 fully saturated rings. The predicted octanol–water partition coefficient (Wildman–Crippen LogP) is 0.796. The number of benzene rings is 1. The summed E-state index contributed by atoms with van der Waals surface area (Å²) >= 11 is 5.89. The molecule has 134 valence electrons. The van der Waals surface area contributed by atoms with Crippen molar-refractivity contribution in [3.05, 3.63) is 49.6 Å². The van der Waals surface area contributed by atoms with Crippen molar-refractivity contribution in [1.29, 1.82) is 0 Å². The maximum absolute atomic E-state index is 12.5. The van der Waals surface area contributed by atoms with Gasteiger partial charge in [-0.3, -0.25) is 14.2 Å². The van der Waals surface area contributed by atoms with E-state index in [0.717, 1.165) is 14.7 Å². The molecule has 2 rings (SSSR count). The number of nitrogen functional groups attached to an aromatic ring is 1. The van der Waals surface area contributed by atoms with Crippen molar-refractivity contribution in [3.63, 3.8) is 0 Å². The first-order valence-corrected chi connectivity index (χ1v) is 7.84. The smallest absolute Gasteiger partial charge is 0.332 e. The highest BCUT2D eigenvalue weighted by Crippen LogP contribution is 2.19. The highest BCUT2D eigenvalue weighted by Gasteiger charge is 2.18. The topological polar surface area (TPSA) is 102 Å². The number of anilines is 3. The molecule has 1 amide bonds. The van der Waals surface area contributed by atoms with Crippen LogP contribution < -0.4 is 27.2 Å². The highest BCUT2D eigenvalue weighted by atomic mass is 35.5. The SMILES string of the molecule is Cc1cc(Cl)ccc1NC(=O)Cn1c(=O)c(N(C)C)c(N)n(C)c1=O. The number of rotatable bonds is 4. The Hall–Kier alpha value is -2.74. The van der Waals surface area contributed by atoms with Crippen molar-refractivity contribution in [3.8, 4) is 0 Å². The Morgan fingerprint density at radius 2 is 1.96 bits per heavy atom. The van der Waals surface area contributed by atoms with E-state index >= 15 is 0 Å². The van der Waals surface area contributed by atoms with Crippen LogP contribution in [0.15, 0.2) is 27.8 Å². The third kappa shape index (κ3) is 3.69. The maximum Gasteiger partial charge on any atom is 0.332 e. The highest BCUT2D eigenvalue weighted by molar-refractivity contribution is 6.30. The van der Waals surface area contributed by atoms with Gasteiger partial charge in [-0.25, -0.2) is 9.36 Å². The molecule has 0 atom stereocenters. The van der Waals surface area contributed by atoms with Crippen LogP contribution in [0, 0.1) is 6.92 Å². The number of nitrogens with one attached hydrogen (secondary N) is 1. The van der Waals surface area contributed by atoms with E-state index in [1.54, 1.807) is 39.2 Å². The van der Waals surface area contributed by atoms with Gasteiger partial charge in [0, 0.05) is 31.9 Å². The average molecular weight is 366 g/mol. The van der Waals surface area contributed by atoms with Gasteiger partial charge in [-0.1, -0.05) is 11.6 Å². The molecular formula is C16H20ClN5O3. The molecule has 1 heterocycles. The number of carbonyl (C=O) groups is 1. The van der Waals surface area contributed by atoms with Gasteiger partial charge in [0.15, 0.2) is 0 Å². The van der Waals surface area contributed by atoms with Gasteiger partial charge < -0.3 is 16.0 Å². The number of nitrogens with two attached hydrogens (primary N) is 1. The minimum absolute atomic E-state index is 0.0465. The van der Waals surface area contributed by atoms with E-state index in [4.69, 9.17) is 17.3 Å². The van der Waals surface area contributed by atoms with Crippen molar-refractivity contribution >= 4 is 34.7 Å². The van der Waals surface area contributed by atoms with Gasteiger partial charge in [-0.2, -0.15) is 0 Å². The summed E-state index contributed by atoms with van der Waals surface area (Å²) in [4.78, 5) is 38.7. The molecule has 0 aliphatic rings. The quantitative estimate of drug-likeness (QED) is 0.834. The fraction of sp³-hybridized carbons (Fsp3) is 0.312. The largest absolute Gasteiger partial charge is 0.383 e. The minimum Gasteiger partial charge on any atom is -0.383 e. The van der Waals surface area contributed by atoms with Gasteiger partial charge in [0.05, 0.1) is 0 Å². The number of hydrogen-bond donors (Lipinski definition) is 2. The van der Waals surface area contributed by atoms with E-state index in [0.29, 0.717) is 10.7 Å². The average Bonchev–Trinajstić information content (AvgIpc) is 2.52. The van der Waals surface area contributed by atoms with Crippen LogP contribution in [0.5, 0.6) is 0 Å². The van der Waals surface area contributed by atoms with E-state index in [-0.39, 0.29) is 11.5 Å². The molecule has 0 aliphatic carbocycles. The monoisotopic (exact) mass is 365 g/mol. The Labute approximate surface area is 149 Å². The van der Waals surface area contributed by atoms with Crippen LogP contribution in [-0.4, -0.2) is 29.1 Å². The Morgan fingerprint density at radius 3 is 2.52 bits per heavy atom. The molecule has 8 nitrogen and oxygen atoms in total. The van der Waals surface area contributed by atoms with Gasteiger partial charge in [0.25, 0.3) is 5.56 Å². The van der Waals surface area contributed by atoms with Crippen molar-refractivity contribution < 1.29 is 4.79 Å². The van der Waals surface area contributed by atoms with E-state index in [1.165, 1.54) is 11.9 Å². The van der Waals surface area contributed by atoms with Gasteiger partial charge in [-0.05, 0) is 30.7 Å². The van der Waals surface area contributed by atoms with Crippen LogP contribution in [-0.2, 0) is 18.4 Å². The van der Waals surface area contributed by atoms with Gasteiger partial charge >= 0.3 is 5.69 Å². The Kier molecular flexibility index (Phi) is 5.22. The number of hydrogen-bond acceptors (Lipinski definition) is 5. The number of halogens is 1. The zero-order valence-corrected chi connectivity index (χ0v) is 15.2. The van der Waals surface area contributed by atoms with Crippen LogP contribution in [0.3, 0.4) is 0 Å². The molecule has 0 aliphatic heterocycles. The molecule has 9 heteroatoms. The van der Waals surface area contributed by atoms with Crippen LogP contribution in [0.2, 0.25) is 5.02 Å². The number of carbonyl (C=O) groups excluding carboxylic acids is 1. The zero-order chi connectivity index (χ0) is 18.9. The molecule has 3 N–H and O–H groups in total. The number of nitrogens with zero attached hydrogens (tertiary/aromatic N) is 3. The minimum atomic E-state index is -0.656. The Morgan fingerprint density at radius 1 is 1.32 bits per heavy atom. The summed E-state index contributed by atoms with van der Waals surface area (Å²) in [6.07, 6.45) is 0. The summed E-state index contributed by atoms with van der Waals surface area (Å²) in [6.45, 7) is 1.37. The van der Waals surface area contributed by atoms with Crippen molar-refractivity contribution in [1.82, 2.24) is 9.13 Å². The first-order chi connectivity index (χ1) is 11.6. The van der Waals surface area contributed by atoms with Gasteiger partial charge in [-0.15, -0.1) is 0 Å². The lowest BCUT2D eigenvalue weighted by Gasteiger charge is -2.18. The second-order valence-corrected chi connectivity index (χ2v) is 6.31. The molecule has 1 aromatic carbocycles. The van der Waals surface area contributed by atoms with Crippen LogP contribution in [0.25, 0.3) is 0 Å². The summed E-state index contributed by atoms with van der Waals surface area (Å²) in [5.41, 5.74) is 6.04. The van der Waals surface area contributed by atoms with Crippen molar-refractivity contribution in [2.45, 2.75) is 13.5 Å². The number of amides is 1. The molecule has 0 bridgehead atoms. The lowest BCUT2D eigenvalue weighted by molar-refractivity contribution is -0.116. The first-order valence-electron chi connectivity index (χ1n) is 7.46. The summed E-state index contributed by atoms with van der Waals surface area (Å²) in [6, 6.07) is 5.00. The van der Waals surface area contributed by atoms with E-state index in [1.807, 2.05) is 0 Å². The normalized spacial score (nSPS) is 10.6. The zero-order valence-electron chi connectivity index (χ0n) is 14.5. The molecule has 0 radical (unpaired) electrons. The molecule has 0 saturated carbocycles. The standard InChI is InChI=1S/C16H20ClN5O3/c1-9-7-10(17)5-6-11(9)19-12(23)8-22-15(24)13(20(2)3)14(18)21(4)16(22)25/h5-7H,8,18H2,1-4H3,(H,19,23). The summed E-state index contributed by atoms with van der Waals surface area (Å²) in [5, 5.41) is 3.22. The van der Waals surface area contributed by atoms with Crippen LogP contribution in [0.1, 0.15) is 5.56 Å². The van der Waals surface area contributed by atoms with Crippen molar-refractivity contribution in [2.75, 3.05) is 30.0 Å². The number of aryl methyl sites for hydroxylation is 1. The van der Waals surface area contributed by atoms with Crippen LogP contribution >= 0.6 is 11.6 Å². The molecule has 0 spiro atoms.